The van der Waals surface area contributed by atoms with Gasteiger partial charge in [-0.2, -0.15) is 0 Å². The van der Waals surface area contributed by atoms with Crippen molar-refractivity contribution in [1.29, 1.82) is 0 Å². The van der Waals surface area contributed by atoms with Gasteiger partial charge in [-0.15, -0.1) is 0 Å². The summed E-state index contributed by atoms with van der Waals surface area (Å²) in [5.41, 5.74) is 3.11. The molecule has 1 rings (SSSR count). The fraction of sp³-hybridized carbons (Fsp3) is 0.500. The second-order valence-corrected chi connectivity index (χ2v) is 3.75. The van der Waals surface area contributed by atoms with Crippen LogP contribution in [0.5, 0.6) is 0 Å². The summed E-state index contributed by atoms with van der Waals surface area (Å²) in [5, 5.41) is 0.559. The molecular formula is C10H16ClN3O2. The van der Waals surface area contributed by atoms with Crippen LogP contribution in [0.15, 0.2) is 12.1 Å². The Bertz CT molecular complexity index is 336. The third-order valence-corrected chi connectivity index (χ3v) is 2.32. The van der Waals surface area contributed by atoms with Crippen LogP contribution in [-0.2, 0) is 16.1 Å². The number of nitrogens with zero attached hydrogens (tertiary/aromatic N) is 1. The van der Waals surface area contributed by atoms with Crippen LogP contribution in [0.4, 0.5) is 5.82 Å². The number of rotatable bonds is 6. The van der Waals surface area contributed by atoms with E-state index in [1.54, 1.807) is 19.2 Å². The number of nitrogens with two attached hydrogens (primary N) is 1. The number of anilines is 1. The summed E-state index contributed by atoms with van der Waals surface area (Å²) in [6, 6.07) is 3.42. The summed E-state index contributed by atoms with van der Waals surface area (Å²) in [7, 11) is 1.63. The molecule has 0 aliphatic rings. The minimum absolute atomic E-state index is 0.00245. The van der Waals surface area contributed by atoms with Crippen LogP contribution in [0.1, 0.15) is 12.6 Å². The molecule has 1 unspecified atom stereocenters. The number of hydrazine groups is 1. The van der Waals surface area contributed by atoms with Gasteiger partial charge in [-0.1, -0.05) is 11.6 Å². The smallest absolute Gasteiger partial charge is 0.140 e. The van der Waals surface area contributed by atoms with Crippen LogP contribution < -0.4 is 11.3 Å². The molecule has 0 spiro atoms. The summed E-state index contributed by atoms with van der Waals surface area (Å²) in [6.07, 6.45) is -0.00245. The number of pyridine rings is 1. The Morgan fingerprint density at radius 3 is 2.94 bits per heavy atom. The van der Waals surface area contributed by atoms with Crippen molar-refractivity contribution in [3.8, 4) is 0 Å². The molecule has 0 fully saturated rings. The van der Waals surface area contributed by atoms with Gasteiger partial charge < -0.3 is 14.9 Å². The van der Waals surface area contributed by atoms with Crippen molar-refractivity contribution in [3.63, 3.8) is 0 Å². The SMILES string of the molecule is COCC(C)OCc1nc(NN)ccc1Cl. The van der Waals surface area contributed by atoms with Crippen LogP contribution in [-0.4, -0.2) is 24.8 Å². The maximum atomic E-state index is 5.97. The highest BCUT2D eigenvalue weighted by atomic mass is 35.5. The number of hydrogen-bond donors (Lipinski definition) is 2. The quantitative estimate of drug-likeness (QED) is 0.588. The van der Waals surface area contributed by atoms with E-state index < -0.39 is 0 Å². The minimum atomic E-state index is -0.00245. The molecule has 1 aromatic heterocycles. The van der Waals surface area contributed by atoms with Gasteiger partial charge in [0, 0.05) is 7.11 Å². The Hall–Kier alpha value is -0.880. The van der Waals surface area contributed by atoms with E-state index in [1.165, 1.54) is 0 Å². The Morgan fingerprint density at radius 1 is 1.56 bits per heavy atom. The van der Waals surface area contributed by atoms with Crippen molar-refractivity contribution in [2.75, 3.05) is 19.1 Å². The van der Waals surface area contributed by atoms with E-state index >= 15 is 0 Å². The fourth-order valence-electron chi connectivity index (χ4n) is 1.17. The lowest BCUT2D eigenvalue weighted by atomic mass is 10.3. The molecular weight excluding hydrogens is 230 g/mol. The molecule has 16 heavy (non-hydrogen) atoms. The molecule has 1 atom stereocenters. The van der Waals surface area contributed by atoms with Gasteiger partial charge in [0.2, 0.25) is 0 Å². The lowest BCUT2D eigenvalue weighted by molar-refractivity contribution is -0.00129. The van der Waals surface area contributed by atoms with Crippen LogP contribution >= 0.6 is 11.6 Å². The zero-order valence-electron chi connectivity index (χ0n) is 9.37. The van der Waals surface area contributed by atoms with Crippen molar-refractivity contribution >= 4 is 17.4 Å². The maximum absolute atomic E-state index is 5.97. The predicted molar refractivity (Wildman–Crippen MR) is 63.2 cm³/mol. The highest BCUT2D eigenvalue weighted by molar-refractivity contribution is 6.31. The molecule has 0 saturated carbocycles. The van der Waals surface area contributed by atoms with Crippen molar-refractivity contribution in [1.82, 2.24) is 4.98 Å². The van der Waals surface area contributed by atoms with Gasteiger partial charge >= 0.3 is 0 Å². The molecule has 5 nitrogen and oxygen atoms in total. The monoisotopic (exact) mass is 245 g/mol. The minimum Gasteiger partial charge on any atom is -0.382 e. The summed E-state index contributed by atoms with van der Waals surface area (Å²) in [4.78, 5) is 4.19. The Morgan fingerprint density at radius 2 is 2.31 bits per heavy atom. The van der Waals surface area contributed by atoms with Gasteiger partial charge in [0.15, 0.2) is 0 Å². The first-order valence-electron chi connectivity index (χ1n) is 4.90. The van der Waals surface area contributed by atoms with Crippen molar-refractivity contribution in [2.24, 2.45) is 5.84 Å². The zero-order chi connectivity index (χ0) is 12.0. The Labute approximate surface area is 99.9 Å². The van der Waals surface area contributed by atoms with E-state index in [4.69, 9.17) is 26.9 Å². The number of methoxy groups -OCH3 is 1. The molecule has 0 saturated heterocycles. The van der Waals surface area contributed by atoms with Crippen LogP contribution in [0.2, 0.25) is 5.02 Å². The number of nitrogens with one attached hydrogen (secondary N) is 1. The number of ether oxygens (including phenoxy) is 2. The summed E-state index contributed by atoms with van der Waals surface area (Å²) >= 11 is 5.97. The molecule has 0 amide bonds. The Balaban J connectivity index is 2.58. The van der Waals surface area contributed by atoms with Gasteiger partial charge in [-0.05, 0) is 19.1 Å². The standard InChI is InChI=1S/C10H16ClN3O2/c1-7(5-15-2)16-6-9-8(11)3-4-10(13-9)14-12/h3-4,7H,5-6,12H2,1-2H3,(H,13,14). The molecule has 0 aliphatic carbocycles. The number of halogens is 1. The van der Waals surface area contributed by atoms with E-state index in [-0.39, 0.29) is 6.10 Å². The lowest BCUT2D eigenvalue weighted by Crippen LogP contribution is -2.16. The summed E-state index contributed by atoms with van der Waals surface area (Å²) in [5.74, 6) is 5.81. The molecule has 6 heteroatoms. The molecule has 0 aliphatic heterocycles. The second kappa shape index (κ2) is 6.65. The number of nitrogen functional groups attached to an aromatic ring is 1. The molecule has 1 heterocycles. The topological polar surface area (TPSA) is 69.4 Å². The summed E-state index contributed by atoms with van der Waals surface area (Å²) < 4.78 is 10.5. The first-order chi connectivity index (χ1) is 7.67. The lowest BCUT2D eigenvalue weighted by Gasteiger charge is -2.12. The van der Waals surface area contributed by atoms with Crippen LogP contribution in [0, 0.1) is 0 Å². The normalized spacial score (nSPS) is 12.5. The molecule has 0 bridgehead atoms. The van der Waals surface area contributed by atoms with E-state index in [0.29, 0.717) is 29.7 Å². The highest BCUT2D eigenvalue weighted by Gasteiger charge is 2.07. The van der Waals surface area contributed by atoms with E-state index in [9.17, 15) is 0 Å². The van der Waals surface area contributed by atoms with Gasteiger partial charge in [-0.3, -0.25) is 0 Å². The second-order valence-electron chi connectivity index (χ2n) is 3.35. The molecule has 3 N–H and O–H groups in total. The van der Waals surface area contributed by atoms with Crippen LogP contribution in [0.3, 0.4) is 0 Å². The van der Waals surface area contributed by atoms with E-state index in [1.807, 2.05) is 6.92 Å². The molecule has 90 valence electrons. The van der Waals surface area contributed by atoms with Gasteiger partial charge in [0.1, 0.15) is 5.82 Å². The fourth-order valence-corrected chi connectivity index (χ4v) is 1.33. The maximum Gasteiger partial charge on any atom is 0.140 e. The third kappa shape index (κ3) is 3.94. The average molecular weight is 246 g/mol. The molecule has 0 radical (unpaired) electrons. The summed E-state index contributed by atoms with van der Waals surface area (Å²) in [6.45, 7) is 2.79. The largest absolute Gasteiger partial charge is 0.382 e. The molecule has 1 aromatic rings. The van der Waals surface area contributed by atoms with Gasteiger partial charge in [-0.25, -0.2) is 10.8 Å². The third-order valence-electron chi connectivity index (χ3n) is 1.97. The van der Waals surface area contributed by atoms with Crippen molar-refractivity contribution < 1.29 is 9.47 Å². The van der Waals surface area contributed by atoms with E-state index in [0.717, 1.165) is 0 Å². The Kier molecular flexibility index (Phi) is 5.48. The van der Waals surface area contributed by atoms with Crippen molar-refractivity contribution in [2.45, 2.75) is 19.6 Å². The average Bonchev–Trinajstić information content (AvgIpc) is 2.28. The molecule has 0 aromatic carbocycles. The predicted octanol–water partition coefficient (Wildman–Crippen LogP) is 1.57. The highest BCUT2D eigenvalue weighted by Crippen LogP contribution is 2.17. The van der Waals surface area contributed by atoms with Crippen LogP contribution in [0.25, 0.3) is 0 Å². The van der Waals surface area contributed by atoms with Crippen molar-refractivity contribution in [3.05, 3.63) is 22.8 Å². The number of hydrogen-bond acceptors (Lipinski definition) is 5. The van der Waals surface area contributed by atoms with E-state index in [2.05, 4.69) is 10.4 Å². The first kappa shape index (κ1) is 13.2. The zero-order valence-corrected chi connectivity index (χ0v) is 10.1. The first-order valence-corrected chi connectivity index (χ1v) is 5.27. The number of aromatic nitrogens is 1. The van der Waals surface area contributed by atoms with Gasteiger partial charge in [0.05, 0.1) is 30.0 Å². The van der Waals surface area contributed by atoms with Gasteiger partial charge in [0.25, 0.3) is 0 Å².